The molecule has 2 atom stereocenters. The molecule has 0 aromatic carbocycles. The van der Waals surface area contributed by atoms with Gasteiger partial charge in [0.05, 0.1) is 0 Å². The molecule has 1 aliphatic rings. The van der Waals surface area contributed by atoms with Gasteiger partial charge in [-0.3, -0.25) is 0 Å². The van der Waals surface area contributed by atoms with Crippen LogP contribution in [0.1, 0.15) is 20.3 Å². The molecule has 0 spiro atoms. The lowest BCUT2D eigenvalue weighted by Crippen LogP contribution is -2.52. The molecule has 0 aliphatic carbocycles. The van der Waals surface area contributed by atoms with Crippen LogP contribution in [0.4, 0.5) is 0 Å². The molecule has 3 nitrogen and oxygen atoms in total. The lowest BCUT2D eigenvalue weighted by Gasteiger charge is -2.34. The van der Waals surface area contributed by atoms with Gasteiger partial charge in [-0.25, -0.2) is 0 Å². The van der Waals surface area contributed by atoms with Crippen LogP contribution in [0, 0.1) is 5.92 Å². The van der Waals surface area contributed by atoms with Gasteiger partial charge in [-0.05, 0) is 39.5 Å². The van der Waals surface area contributed by atoms with Crippen molar-refractivity contribution in [3.05, 3.63) is 0 Å². The van der Waals surface area contributed by atoms with E-state index in [1.165, 1.54) is 19.5 Å². The molecular formula is C11H25N3. The van der Waals surface area contributed by atoms with Crippen LogP contribution in [-0.4, -0.2) is 55.6 Å². The molecule has 2 unspecified atom stereocenters. The van der Waals surface area contributed by atoms with Gasteiger partial charge in [0.25, 0.3) is 0 Å². The summed E-state index contributed by atoms with van der Waals surface area (Å²) in [6.45, 7) is 7.91. The maximum absolute atomic E-state index is 6.24. The quantitative estimate of drug-likeness (QED) is 0.707. The molecule has 0 bridgehead atoms. The monoisotopic (exact) mass is 199 g/mol. The molecule has 0 aromatic rings. The van der Waals surface area contributed by atoms with Crippen molar-refractivity contribution in [2.45, 2.75) is 32.4 Å². The van der Waals surface area contributed by atoms with E-state index in [4.69, 9.17) is 5.73 Å². The highest BCUT2D eigenvalue weighted by molar-refractivity contribution is 4.86. The molecule has 2 N–H and O–H groups in total. The Balaban J connectivity index is 2.62. The van der Waals surface area contributed by atoms with Gasteiger partial charge in [0, 0.05) is 18.6 Å². The van der Waals surface area contributed by atoms with E-state index < -0.39 is 0 Å². The minimum Gasteiger partial charge on any atom is -0.326 e. The smallest absolute Gasteiger partial charge is 0.0373 e. The molecule has 1 rings (SSSR count). The van der Waals surface area contributed by atoms with Crippen LogP contribution in [0.2, 0.25) is 0 Å². The Hall–Kier alpha value is -0.120. The van der Waals surface area contributed by atoms with Crippen LogP contribution >= 0.6 is 0 Å². The van der Waals surface area contributed by atoms with Crippen molar-refractivity contribution >= 4 is 0 Å². The summed E-state index contributed by atoms with van der Waals surface area (Å²) in [5.41, 5.74) is 6.24. The van der Waals surface area contributed by atoms with Gasteiger partial charge in [-0.2, -0.15) is 0 Å². The molecule has 0 aromatic heterocycles. The lowest BCUT2D eigenvalue weighted by atomic mass is 9.96. The fraction of sp³-hybridized carbons (Fsp3) is 1.00. The minimum atomic E-state index is 0.292. The van der Waals surface area contributed by atoms with Gasteiger partial charge in [-0.1, -0.05) is 13.8 Å². The average Bonchev–Trinajstić information content (AvgIpc) is 2.27. The molecule has 1 fully saturated rings. The Morgan fingerprint density at radius 2 is 1.86 bits per heavy atom. The van der Waals surface area contributed by atoms with Gasteiger partial charge in [-0.15, -0.1) is 0 Å². The Kier molecular flexibility index (Phi) is 4.35. The molecule has 0 saturated carbocycles. The van der Waals surface area contributed by atoms with Crippen molar-refractivity contribution in [1.29, 1.82) is 0 Å². The maximum atomic E-state index is 6.24. The molecular weight excluding hydrogens is 174 g/mol. The van der Waals surface area contributed by atoms with Crippen molar-refractivity contribution in [3.63, 3.8) is 0 Å². The molecule has 14 heavy (non-hydrogen) atoms. The van der Waals surface area contributed by atoms with Gasteiger partial charge in [0.1, 0.15) is 0 Å². The maximum Gasteiger partial charge on any atom is 0.0373 e. The fourth-order valence-electron chi connectivity index (χ4n) is 2.17. The van der Waals surface area contributed by atoms with Crippen LogP contribution in [-0.2, 0) is 0 Å². The molecule has 84 valence electrons. The second kappa shape index (κ2) is 5.10. The van der Waals surface area contributed by atoms with Crippen LogP contribution < -0.4 is 5.73 Å². The van der Waals surface area contributed by atoms with Gasteiger partial charge in [0.2, 0.25) is 0 Å². The standard InChI is InChI=1S/C11H25N3/c1-9(2)11(12)10-8-13(3)6-5-7-14(10)4/h9-11H,5-8,12H2,1-4H3. The normalized spacial score (nSPS) is 29.1. The van der Waals surface area contributed by atoms with Crippen LogP contribution in [0.3, 0.4) is 0 Å². The average molecular weight is 199 g/mol. The van der Waals surface area contributed by atoms with E-state index in [1.807, 2.05) is 0 Å². The van der Waals surface area contributed by atoms with Crippen molar-refractivity contribution in [2.24, 2.45) is 11.7 Å². The lowest BCUT2D eigenvalue weighted by molar-refractivity contribution is 0.174. The minimum absolute atomic E-state index is 0.292. The molecule has 1 heterocycles. The van der Waals surface area contributed by atoms with E-state index in [0.29, 0.717) is 18.0 Å². The number of hydrogen-bond acceptors (Lipinski definition) is 3. The SMILES string of the molecule is CC(C)C(N)C1CN(C)CCCN1C. The highest BCUT2D eigenvalue weighted by Crippen LogP contribution is 2.13. The Morgan fingerprint density at radius 1 is 1.21 bits per heavy atom. The predicted octanol–water partition coefficient (Wildman–Crippen LogP) is 0.606. The second-order valence-electron chi connectivity index (χ2n) is 4.99. The van der Waals surface area contributed by atoms with Crippen molar-refractivity contribution in [1.82, 2.24) is 9.80 Å². The number of nitrogens with two attached hydrogens (primary N) is 1. The van der Waals surface area contributed by atoms with Gasteiger partial charge < -0.3 is 15.5 Å². The first-order valence-corrected chi connectivity index (χ1v) is 5.66. The van der Waals surface area contributed by atoms with Crippen LogP contribution in [0.15, 0.2) is 0 Å². The largest absolute Gasteiger partial charge is 0.326 e. The zero-order valence-corrected chi connectivity index (χ0v) is 10.0. The number of hydrogen-bond donors (Lipinski definition) is 1. The third-order valence-corrected chi connectivity index (χ3v) is 3.33. The summed E-state index contributed by atoms with van der Waals surface area (Å²) >= 11 is 0. The Morgan fingerprint density at radius 3 is 2.43 bits per heavy atom. The highest BCUT2D eigenvalue weighted by atomic mass is 15.2. The number of likely N-dealkylation sites (N-methyl/N-ethyl adjacent to an activating group) is 2. The van der Waals surface area contributed by atoms with Crippen LogP contribution in [0.5, 0.6) is 0 Å². The summed E-state index contributed by atoms with van der Waals surface area (Å²) < 4.78 is 0. The fourth-order valence-corrected chi connectivity index (χ4v) is 2.17. The zero-order valence-electron chi connectivity index (χ0n) is 10.0. The predicted molar refractivity (Wildman–Crippen MR) is 61.3 cm³/mol. The first-order valence-electron chi connectivity index (χ1n) is 5.66. The first kappa shape index (κ1) is 12.0. The van der Waals surface area contributed by atoms with Gasteiger partial charge >= 0.3 is 0 Å². The summed E-state index contributed by atoms with van der Waals surface area (Å²) in [5, 5.41) is 0. The van der Waals surface area contributed by atoms with E-state index >= 15 is 0 Å². The number of nitrogens with zero attached hydrogens (tertiary/aromatic N) is 2. The summed E-state index contributed by atoms with van der Waals surface area (Å²) in [4.78, 5) is 4.82. The van der Waals surface area contributed by atoms with Crippen molar-refractivity contribution in [2.75, 3.05) is 33.7 Å². The van der Waals surface area contributed by atoms with E-state index in [9.17, 15) is 0 Å². The first-order chi connectivity index (χ1) is 6.52. The third-order valence-electron chi connectivity index (χ3n) is 3.33. The summed E-state index contributed by atoms with van der Waals surface area (Å²) in [5.74, 6) is 0.564. The molecule has 0 radical (unpaired) electrons. The second-order valence-corrected chi connectivity index (χ2v) is 4.99. The van der Waals surface area contributed by atoms with E-state index in [2.05, 4.69) is 37.7 Å². The zero-order chi connectivity index (χ0) is 10.7. The van der Waals surface area contributed by atoms with Crippen molar-refractivity contribution in [3.8, 4) is 0 Å². The third kappa shape index (κ3) is 2.94. The van der Waals surface area contributed by atoms with E-state index in [1.54, 1.807) is 0 Å². The highest BCUT2D eigenvalue weighted by Gasteiger charge is 2.27. The summed E-state index contributed by atoms with van der Waals surface area (Å²) in [6.07, 6.45) is 1.26. The molecule has 1 saturated heterocycles. The molecule has 1 aliphatic heterocycles. The topological polar surface area (TPSA) is 32.5 Å². The summed E-state index contributed by atoms with van der Waals surface area (Å²) in [6, 6.07) is 0.808. The van der Waals surface area contributed by atoms with E-state index in [-0.39, 0.29) is 0 Å². The molecule has 3 heteroatoms. The van der Waals surface area contributed by atoms with Crippen LogP contribution in [0.25, 0.3) is 0 Å². The summed E-state index contributed by atoms with van der Waals surface area (Å²) in [7, 11) is 4.39. The Labute approximate surface area is 88.2 Å². The molecule has 0 amide bonds. The Bertz CT molecular complexity index is 170. The van der Waals surface area contributed by atoms with Crippen molar-refractivity contribution < 1.29 is 0 Å². The van der Waals surface area contributed by atoms with Gasteiger partial charge in [0.15, 0.2) is 0 Å². The van der Waals surface area contributed by atoms with E-state index in [0.717, 1.165) is 6.54 Å². The number of rotatable bonds is 2.